The normalized spacial score (nSPS) is 14.1. The number of piperidine rings is 1. The summed E-state index contributed by atoms with van der Waals surface area (Å²) in [4.78, 5) is 34.4. The fourth-order valence-electron chi connectivity index (χ4n) is 3.35. The van der Waals surface area contributed by atoms with Crippen molar-refractivity contribution in [3.63, 3.8) is 0 Å². The average Bonchev–Trinajstić information content (AvgIpc) is 3.10. The molecular weight excluding hydrogens is 384 g/mol. The minimum Gasteiger partial charge on any atom is -0.345 e. The van der Waals surface area contributed by atoms with Gasteiger partial charge < -0.3 is 10.2 Å². The van der Waals surface area contributed by atoms with E-state index in [0.717, 1.165) is 41.5 Å². The maximum absolute atomic E-state index is 12.9. The second kappa shape index (κ2) is 8.65. The molecule has 0 unspecified atom stereocenters. The molecule has 29 heavy (non-hydrogen) atoms. The molecule has 4 heterocycles. The van der Waals surface area contributed by atoms with Gasteiger partial charge in [0, 0.05) is 30.4 Å². The predicted octanol–water partition coefficient (Wildman–Crippen LogP) is 3.53. The van der Waals surface area contributed by atoms with Crippen LogP contribution < -0.4 is 10.2 Å². The number of nitrogens with zero attached hydrogens (tertiary/aromatic N) is 5. The van der Waals surface area contributed by atoms with Gasteiger partial charge in [0.05, 0.1) is 23.5 Å². The Hall–Kier alpha value is -2.87. The Bertz CT molecular complexity index is 978. The third-order valence-electron chi connectivity index (χ3n) is 5.04. The zero-order valence-corrected chi connectivity index (χ0v) is 17.5. The molecule has 0 spiro atoms. The van der Waals surface area contributed by atoms with Gasteiger partial charge in [-0.3, -0.25) is 9.78 Å². The van der Waals surface area contributed by atoms with E-state index in [1.807, 2.05) is 32.0 Å². The van der Waals surface area contributed by atoms with Crippen molar-refractivity contribution in [2.45, 2.75) is 39.7 Å². The molecule has 0 atom stereocenters. The van der Waals surface area contributed by atoms with E-state index in [-0.39, 0.29) is 5.91 Å². The minimum absolute atomic E-state index is 0.221. The van der Waals surface area contributed by atoms with E-state index in [9.17, 15) is 4.79 Å². The Balaban J connectivity index is 1.61. The summed E-state index contributed by atoms with van der Waals surface area (Å²) < 4.78 is 0. The van der Waals surface area contributed by atoms with Crippen LogP contribution in [0, 0.1) is 13.8 Å². The molecule has 0 aromatic carbocycles. The van der Waals surface area contributed by atoms with Crippen LogP contribution in [0.1, 0.15) is 45.2 Å². The molecule has 0 bridgehead atoms. The average molecular weight is 409 g/mol. The van der Waals surface area contributed by atoms with Crippen molar-refractivity contribution < 1.29 is 4.79 Å². The van der Waals surface area contributed by atoms with Crippen molar-refractivity contribution in [3.8, 4) is 11.4 Å². The Labute approximate surface area is 174 Å². The van der Waals surface area contributed by atoms with Crippen molar-refractivity contribution in [2.24, 2.45) is 0 Å². The van der Waals surface area contributed by atoms with Crippen molar-refractivity contribution >= 4 is 23.2 Å². The Morgan fingerprint density at radius 2 is 1.97 bits per heavy atom. The van der Waals surface area contributed by atoms with Gasteiger partial charge in [0.1, 0.15) is 10.7 Å². The van der Waals surface area contributed by atoms with Gasteiger partial charge in [0.2, 0.25) is 5.95 Å². The number of pyridine rings is 1. The lowest BCUT2D eigenvalue weighted by atomic mass is 10.1. The predicted molar refractivity (Wildman–Crippen MR) is 114 cm³/mol. The van der Waals surface area contributed by atoms with Crippen LogP contribution in [0.5, 0.6) is 0 Å². The van der Waals surface area contributed by atoms with Crippen molar-refractivity contribution in [2.75, 3.05) is 18.0 Å². The van der Waals surface area contributed by atoms with Crippen LogP contribution in [0.2, 0.25) is 0 Å². The molecule has 0 saturated carbocycles. The summed E-state index contributed by atoms with van der Waals surface area (Å²) in [6.45, 7) is 6.27. The van der Waals surface area contributed by atoms with Gasteiger partial charge in [0.15, 0.2) is 0 Å². The molecule has 1 aliphatic heterocycles. The van der Waals surface area contributed by atoms with Crippen LogP contribution in [0.4, 0.5) is 5.95 Å². The summed E-state index contributed by atoms with van der Waals surface area (Å²) in [5, 5.41) is 3.84. The number of aromatic nitrogens is 4. The number of nitrogens with one attached hydrogen (secondary N) is 1. The van der Waals surface area contributed by atoms with Crippen LogP contribution in [0.15, 0.2) is 30.6 Å². The van der Waals surface area contributed by atoms with E-state index < -0.39 is 0 Å². The number of aryl methyl sites for hydroxylation is 2. The van der Waals surface area contributed by atoms with Gasteiger partial charge in [-0.15, -0.1) is 11.3 Å². The summed E-state index contributed by atoms with van der Waals surface area (Å²) in [7, 11) is 0. The Kier molecular flexibility index (Phi) is 5.80. The SMILES string of the molecule is Cc1nc(CNC(=O)c2cnc(N3CCCCC3)nc2-c2ccccn2)sc1C. The largest absolute Gasteiger partial charge is 0.345 e. The quantitative estimate of drug-likeness (QED) is 0.695. The maximum Gasteiger partial charge on any atom is 0.255 e. The molecule has 3 aromatic heterocycles. The number of anilines is 1. The van der Waals surface area contributed by atoms with E-state index >= 15 is 0 Å². The molecule has 0 radical (unpaired) electrons. The number of amides is 1. The van der Waals surface area contributed by atoms with Gasteiger partial charge >= 0.3 is 0 Å². The van der Waals surface area contributed by atoms with Crippen molar-refractivity contribution in [3.05, 3.63) is 51.7 Å². The van der Waals surface area contributed by atoms with E-state index in [1.165, 1.54) is 6.42 Å². The van der Waals surface area contributed by atoms with Crippen LogP contribution in [-0.4, -0.2) is 38.9 Å². The molecule has 0 aliphatic carbocycles. The van der Waals surface area contributed by atoms with E-state index in [2.05, 4.69) is 25.2 Å². The maximum atomic E-state index is 12.9. The minimum atomic E-state index is -0.221. The molecule has 1 aliphatic rings. The van der Waals surface area contributed by atoms with Crippen molar-refractivity contribution in [1.82, 2.24) is 25.3 Å². The van der Waals surface area contributed by atoms with Crippen LogP contribution in [0.25, 0.3) is 11.4 Å². The van der Waals surface area contributed by atoms with E-state index in [0.29, 0.717) is 29.4 Å². The molecule has 4 rings (SSSR count). The molecule has 3 aromatic rings. The summed E-state index contributed by atoms with van der Waals surface area (Å²) in [5.74, 6) is 0.439. The molecule has 8 heteroatoms. The molecule has 7 nitrogen and oxygen atoms in total. The summed E-state index contributed by atoms with van der Waals surface area (Å²) in [6.07, 6.45) is 6.84. The lowest BCUT2D eigenvalue weighted by Crippen LogP contribution is -2.31. The van der Waals surface area contributed by atoms with Gasteiger partial charge in [-0.05, 0) is 45.2 Å². The number of rotatable bonds is 5. The van der Waals surface area contributed by atoms with Gasteiger partial charge in [0.25, 0.3) is 5.91 Å². The third kappa shape index (κ3) is 4.42. The van der Waals surface area contributed by atoms with Crippen LogP contribution in [0.3, 0.4) is 0 Å². The number of thiazole rings is 1. The number of hydrogen-bond acceptors (Lipinski definition) is 7. The lowest BCUT2D eigenvalue weighted by Gasteiger charge is -2.27. The first-order chi connectivity index (χ1) is 14.1. The second-order valence-corrected chi connectivity index (χ2v) is 8.41. The molecule has 150 valence electrons. The summed E-state index contributed by atoms with van der Waals surface area (Å²) in [6, 6.07) is 5.61. The highest BCUT2D eigenvalue weighted by molar-refractivity contribution is 7.11. The summed E-state index contributed by atoms with van der Waals surface area (Å²) >= 11 is 1.60. The Morgan fingerprint density at radius 3 is 2.66 bits per heavy atom. The van der Waals surface area contributed by atoms with Gasteiger partial charge in [-0.2, -0.15) is 0 Å². The number of hydrogen-bond donors (Lipinski definition) is 1. The standard InChI is InChI=1S/C21H24N6OS/c1-14-15(2)29-18(25-14)13-23-20(28)16-12-24-21(27-10-6-3-7-11-27)26-19(16)17-8-4-5-9-22-17/h4-5,8-9,12H,3,6-7,10-11,13H2,1-2H3,(H,23,28). The molecule has 1 saturated heterocycles. The zero-order valence-electron chi connectivity index (χ0n) is 16.7. The highest BCUT2D eigenvalue weighted by Crippen LogP contribution is 2.24. The molecular formula is C21H24N6OS. The smallest absolute Gasteiger partial charge is 0.255 e. The van der Waals surface area contributed by atoms with Gasteiger partial charge in [-0.1, -0.05) is 6.07 Å². The molecule has 1 N–H and O–H groups in total. The highest BCUT2D eigenvalue weighted by atomic mass is 32.1. The van der Waals surface area contributed by atoms with Gasteiger partial charge in [-0.25, -0.2) is 15.0 Å². The molecule has 1 fully saturated rings. The lowest BCUT2D eigenvalue weighted by molar-refractivity contribution is 0.0951. The number of carbonyl (C=O) groups is 1. The first-order valence-electron chi connectivity index (χ1n) is 9.86. The number of carbonyl (C=O) groups excluding carboxylic acids is 1. The fourth-order valence-corrected chi connectivity index (χ4v) is 4.22. The van der Waals surface area contributed by atoms with Crippen LogP contribution >= 0.6 is 11.3 Å². The topological polar surface area (TPSA) is 83.9 Å². The monoisotopic (exact) mass is 408 g/mol. The first-order valence-corrected chi connectivity index (χ1v) is 10.7. The molecule has 1 amide bonds. The second-order valence-electron chi connectivity index (χ2n) is 7.13. The first kappa shape index (κ1) is 19.4. The third-order valence-corrected chi connectivity index (χ3v) is 6.11. The summed E-state index contributed by atoms with van der Waals surface area (Å²) in [5.41, 5.74) is 2.65. The Morgan fingerprint density at radius 1 is 1.14 bits per heavy atom. The highest BCUT2D eigenvalue weighted by Gasteiger charge is 2.20. The van der Waals surface area contributed by atoms with Crippen LogP contribution in [-0.2, 0) is 6.54 Å². The van der Waals surface area contributed by atoms with E-state index in [1.54, 1.807) is 23.7 Å². The fraction of sp³-hybridized carbons (Fsp3) is 0.381. The van der Waals surface area contributed by atoms with Crippen molar-refractivity contribution in [1.29, 1.82) is 0 Å². The van der Waals surface area contributed by atoms with E-state index in [4.69, 9.17) is 4.98 Å². The zero-order chi connectivity index (χ0) is 20.2.